The Bertz CT molecular complexity index is 922. The van der Waals surface area contributed by atoms with E-state index in [1.54, 1.807) is 5.57 Å². The van der Waals surface area contributed by atoms with Crippen molar-refractivity contribution in [1.29, 1.82) is 0 Å². The van der Waals surface area contributed by atoms with Crippen LogP contribution in [-0.4, -0.2) is 17.5 Å². The van der Waals surface area contributed by atoms with Crippen molar-refractivity contribution in [3.05, 3.63) is 119 Å². The first kappa shape index (κ1) is 19.3. The number of fused-ring (bicyclic) bond motifs is 1. The van der Waals surface area contributed by atoms with Gasteiger partial charge in [0.05, 0.1) is 6.04 Å². The second-order valence-electron chi connectivity index (χ2n) is 8.79. The van der Waals surface area contributed by atoms with E-state index in [0.717, 1.165) is 13.0 Å². The van der Waals surface area contributed by atoms with Crippen LogP contribution in [0.2, 0.25) is 0 Å². The van der Waals surface area contributed by atoms with Crippen LogP contribution in [0.25, 0.3) is 0 Å². The van der Waals surface area contributed by atoms with Crippen molar-refractivity contribution in [1.82, 2.24) is 4.90 Å². The molecule has 1 fully saturated rings. The van der Waals surface area contributed by atoms with Crippen LogP contribution in [0.1, 0.15) is 48.4 Å². The molecule has 2 atom stereocenters. The highest BCUT2D eigenvalue weighted by molar-refractivity contribution is 5.34. The number of rotatable bonds is 5. The van der Waals surface area contributed by atoms with Crippen LogP contribution in [0, 0.1) is 5.92 Å². The van der Waals surface area contributed by atoms with Crippen LogP contribution in [0.5, 0.6) is 0 Å². The summed E-state index contributed by atoms with van der Waals surface area (Å²) in [5.41, 5.74) is 5.99. The van der Waals surface area contributed by atoms with Gasteiger partial charge in [-0.3, -0.25) is 4.90 Å². The molecule has 30 heavy (non-hydrogen) atoms. The maximum atomic E-state index is 2.82. The largest absolute Gasteiger partial charge is 0.288 e. The van der Waals surface area contributed by atoms with Crippen LogP contribution in [-0.2, 0) is 6.42 Å². The molecule has 2 aliphatic rings. The molecule has 0 unspecified atom stereocenters. The minimum Gasteiger partial charge on any atom is -0.288 e. The first-order valence-corrected chi connectivity index (χ1v) is 11.5. The van der Waals surface area contributed by atoms with Gasteiger partial charge in [0.2, 0.25) is 0 Å². The smallest absolute Gasteiger partial charge is 0.0604 e. The molecule has 1 heteroatoms. The van der Waals surface area contributed by atoms with Crippen LogP contribution in [0.3, 0.4) is 0 Å². The Kier molecular flexibility index (Phi) is 5.81. The zero-order valence-corrected chi connectivity index (χ0v) is 17.7. The lowest BCUT2D eigenvalue weighted by molar-refractivity contribution is 0.0868. The quantitative estimate of drug-likeness (QED) is 0.430. The molecule has 0 amide bonds. The van der Waals surface area contributed by atoms with Gasteiger partial charge in [-0.1, -0.05) is 103 Å². The van der Waals surface area contributed by atoms with E-state index in [4.69, 9.17) is 0 Å². The summed E-state index contributed by atoms with van der Waals surface area (Å²) in [4.78, 5) is 2.82. The van der Waals surface area contributed by atoms with Crippen molar-refractivity contribution in [2.45, 2.75) is 44.2 Å². The third kappa shape index (κ3) is 4.00. The minimum atomic E-state index is 0.310. The topological polar surface area (TPSA) is 3.24 Å². The van der Waals surface area contributed by atoms with Crippen LogP contribution in [0.4, 0.5) is 0 Å². The summed E-state index contributed by atoms with van der Waals surface area (Å²) >= 11 is 0. The van der Waals surface area contributed by atoms with Gasteiger partial charge < -0.3 is 0 Å². The summed E-state index contributed by atoms with van der Waals surface area (Å²) in [5.74, 6) is 0.683. The number of hydrogen-bond acceptors (Lipinski definition) is 1. The molecule has 0 N–H and O–H groups in total. The van der Waals surface area contributed by atoms with Gasteiger partial charge in [0.15, 0.2) is 0 Å². The predicted octanol–water partition coefficient (Wildman–Crippen LogP) is 6.82. The molecule has 1 aliphatic heterocycles. The molecule has 1 saturated heterocycles. The van der Waals surface area contributed by atoms with E-state index in [0.29, 0.717) is 18.0 Å². The highest BCUT2D eigenvalue weighted by atomic mass is 15.2. The van der Waals surface area contributed by atoms with Gasteiger partial charge in [-0.05, 0) is 54.7 Å². The number of nitrogens with zero attached hydrogens (tertiary/aromatic N) is 1. The molecule has 3 aromatic rings. The molecule has 0 saturated carbocycles. The molecule has 152 valence electrons. The van der Waals surface area contributed by atoms with E-state index in [9.17, 15) is 0 Å². The Hall–Kier alpha value is -2.64. The van der Waals surface area contributed by atoms with Crippen LogP contribution < -0.4 is 0 Å². The molecule has 0 aromatic heterocycles. The Labute approximate surface area is 181 Å². The number of hydrogen-bond donors (Lipinski definition) is 0. The van der Waals surface area contributed by atoms with Crippen molar-refractivity contribution in [3.63, 3.8) is 0 Å². The third-order valence-corrected chi connectivity index (χ3v) is 7.00. The van der Waals surface area contributed by atoms with E-state index >= 15 is 0 Å². The first-order chi connectivity index (χ1) is 14.9. The molecule has 0 radical (unpaired) electrons. The normalized spacial score (nSPS) is 21.8. The van der Waals surface area contributed by atoms with Crippen molar-refractivity contribution >= 4 is 0 Å². The van der Waals surface area contributed by atoms with Gasteiger partial charge in [-0.25, -0.2) is 0 Å². The molecule has 1 heterocycles. The van der Waals surface area contributed by atoms with Crippen LogP contribution in [0.15, 0.2) is 103 Å². The zero-order valence-electron chi connectivity index (χ0n) is 17.7. The number of allylic oxidation sites excluding steroid dienone is 1. The van der Waals surface area contributed by atoms with Gasteiger partial charge in [0.1, 0.15) is 0 Å². The average Bonchev–Trinajstić information content (AvgIpc) is 2.83. The second-order valence-corrected chi connectivity index (χ2v) is 8.79. The molecular weight excluding hydrogens is 362 g/mol. The average molecular weight is 394 g/mol. The Morgan fingerprint density at radius 2 is 1.37 bits per heavy atom. The van der Waals surface area contributed by atoms with Gasteiger partial charge in [0, 0.05) is 12.6 Å². The summed E-state index contributed by atoms with van der Waals surface area (Å²) in [5, 5.41) is 0. The number of benzene rings is 3. The third-order valence-electron chi connectivity index (χ3n) is 7.00. The van der Waals surface area contributed by atoms with Crippen molar-refractivity contribution in [3.8, 4) is 0 Å². The van der Waals surface area contributed by atoms with Gasteiger partial charge in [-0.15, -0.1) is 0 Å². The number of piperidine rings is 1. The molecular formula is C29H31N. The Morgan fingerprint density at radius 3 is 2.00 bits per heavy atom. The highest BCUT2D eigenvalue weighted by Gasteiger charge is 2.39. The highest BCUT2D eigenvalue weighted by Crippen LogP contribution is 2.42. The monoisotopic (exact) mass is 393 g/mol. The molecule has 1 aliphatic carbocycles. The molecule has 5 rings (SSSR count). The zero-order chi connectivity index (χ0) is 20.2. The van der Waals surface area contributed by atoms with Crippen molar-refractivity contribution in [2.24, 2.45) is 5.92 Å². The summed E-state index contributed by atoms with van der Waals surface area (Å²) in [6.07, 6.45) is 8.82. The SMILES string of the molecule is C1=C2CCN(C(c3ccccc3)c3ccccc3)[C@H](Cc3ccccc3)[C@@H]2CCC1. The molecule has 0 bridgehead atoms. The van der Waals surface area contributed by atoms with Gasteiger partial charge >= 0.3 is 0 Å². The first-order valence-electron chi connectivity index (χ1n) is 11.5. The molecule has 1 nitrogen and oxygen atoms in total. The lowest BCUT2D eigenvalue weighted by Gasteiger charge is -2.48. The molecule has 3 aromatic carbocycles. The van der Waals surface area contributed by atoms with E-state index in [1.807, 2.05) is 0 Å². The summed E-state index contributed by atoms with van der Waals surface area (Å²) in [7, 11) is 0. The fourth-order valence-corrected chi connectivity index (χ4v) is 5.63. The van der Waals surface area contributed by atoms with E-state index in [1.165, 1.54) is 42.4 Å². The number of likely N-dealkylation sites (tertiary alicyclic amines) is 1. The minimum absolute atomic E-state index is 0.310. The lowest BCUT2D eigenvalue weighted by atomic mass is 9.74. The van der Waals surface area contributed by atoms with Gasteiger partial charge in [-0.2, -0.15) is 0 Å². The fourth-order valence-electron chi connectivity index (χ4n) is 5.63. The van der Waals surface area contributed by atoms with Crippen LogP contribution >= 0.6 is 0 Å². The fraction of sp³-hybridized carbons (Fsp3) is 0.310. The predicted molar refractivity (Wildman–Crippen MR) is 125 cm³/mol. The maximum Gasteiger partial charge on any atom is 0.0604 e. The second kappa shape index (κ2) is 9.02. The van der Waals surface area contributed by atoms with E-state index < -0.39 is 0 Å². The summed E-state index contributed by atoms with van der Waals surface area (Å²) in [6.45, 7) is 1.13. The van der Waals surface area contributed by atoms with E-state index in [2.05, 4.69) is 102 Å². The van der Waals surface area contributed by atoms with Crippen molar-refractivity contribution in [2.75, 3.05) is 6.54 Å². The standard InChI is InChI=1S/C29H31N/c1-4-12-23(13-5-1)22-28-27-19-11-10-14-24(27)20-21-30(28)29(25-15-6-2-7-16-25)26-17-8-3-9-18-26/h1-9,12-18,27-29H,10-11,19-22H2/t27-,28-/m1/s1. The Morgan fingerprint density at radius 1 is 0.767 bits per heavy atom. The summed E-state index contributed by atoms with van der Waals surface area (Å²) < 4.78 is 0. The maximum absolute atomic E-state index is 2.82. The Balaban J connectivity index is 1.57. The lowest BCUT2D eigenvalue weighted by Crippen LogP contribution is -2.50. The van der Waals surface area contributed by atoms with E-state index in [-0.39, 0.29) is 0 Å². The van der Waals surface area contributed by atoms with Gasteiger partial charge in [0.25, 0.3) is 0 Å². The van der Waals surface area contributed by atoms with Crippen molar-refractivity contribution < 1.29 is 0 Å². The molecule has 0 spiro atoms. The summed E-state index contributed by atoms with van der Waals surface area (Å²) in [6, 6.07) is 34.2.